The van der Waals surface area contributed by atoms with E-state index in [2.05, 4.69) is 0 Å². The fourth-order valence-corrected chi connectivity index (χ4v) is 2.59. The second-order valence-corrected chi connectivity index (χ2v) is 5.26. The number of phenols is 5. The zero-order chi connectivity index (χ0) is 16.9. The van der Waals surface area contributed by atoms with Crippen molar-refractivity contribution >= 4 is 0 Å². The molecular formula is C15H14O8. The number of hydrogen-bond donors (Lipinski definition) is 7. The van der Waals surface area contributed by atoms with Gasteiger partial charge in [0.05, 0.1) is 5.56 Å². The molecule has 8 heteroatoms. The largest absolute Gasteiger partial charge is 0.508 e. The summed E-state index contributed by atoms with van der Waals surface area (Å²) in [6, 6.07) is 4.26. The van der Waals surface area contributed by atoms with Crippen LogP contribution in [0.2, 0.25) is 0 Å². The Bertz CT molecular complexity index is 749. The van der Waals surface area contributed by atoms with Gasteiger partial charge in [-0.3, -0.25) is 0 Å². The molecule has 0 saturated carbocycles. The molecule has 0 amide bonds. The smallest absolute Gasteiger partial charge is 0.200 e. The van der Waals surface area contributed by atoms with Gasteiger partial charge in [-0.25, -0.2) is 0 Å². The van der Waals surface area contributed by atoms with E-state index in [0.29, 0.717) is 0 Å². The van der Waals surface area contributed by atoms with Crippen LogP contribution >= 0.6 is 0 Å². The number of fused-ring (bicyclic) bond motifs is 1. The molecule has 8 nitrogen and oxygen atoms in total. The summed E-state index contributed by atoms with van der Waals surface area (Å²) >= 11 is 0. The van der Waals surface area contributed by atoms with Crippen LogP contribution in [0.25, 0.3) is 0 Å². The maximum Gasteiger partial charge on any atom is 0.200 e. The number of rotatable bonds is 1. The van der Waals surface area contributed by atoms with Gasteiger partial charge in [-0.1, -0.05) is 0 Å². The number of aliphatic hydroxyl groups excluding tert-OH is 2. The number of benzene rings is 2. The molecule has 1 aliphatic heterocycles. The minimum Gasteiger partial charge on any atom is -0.508 e. The van der Waals surface area contributed by atoms with E-state index in [9.17, 15) is 35.7 Å². The summed E-state index contributed by atoms with van der Waals surface area (Å²) in [6.45, 7) is 0. The lowest BCUT2D eigenvalue weighted by Gasteiger charge is -2.34. The number of aromatic hydroxyl groups is 5. The molecule has 2 aromatic carbocycles. The van der Waals surface area contributed by atoms with Crippen molar-refractivity contribution in [1.82, 2.24) is 0 Å². The van der Waals surface area contributed by atoms with E-state index < -0.39 is 41.3 Å². The minimum atomic E-state index is -1.53. The van der Waals surface area contributed by atoms with Crippen LogP contribution in [-0.2, 0) is 0 Å². The molecular weight excluding hydrogens is 308 g/mol. The van der Waals surface area contributed by atoms with Crippen LogP contribution < -0.4 is 4.74 Å². The van der Waals surface area contributed by atoms with Gasteiger partial charge in [-0.05, 0) is 12.1 Å². The normalized spacial score (nSPS) is 23.1. The van der Waals surface area contributed by atoms with Gasteiger partial charge in [0, 0.05) is 17.7 Å². The van der Waals surface area contributed by atoms with Crippen LogP contribution in [0, 0.1) is 0 Å². The number of hydrogen-bond acceptors (Lipinski definition) is 8. The summed E-state index contributed by atoms with van der Waals surface area (Å²) in [7, 11) is 0. The van der Waals surface area contributed by atoms with Gasteiger partial charge in [-0.2, -0.15) is 0 Å². The van der Waals surface area contributed by atoms with Crippen molar-refractivity contribution in [3.8, 4) is 34.5 Å². The molecule has 0 spiro atoms. The van der Waals surface area contributed by atoms with E-state index >= 15 is 0 Å². The van der Waals surface area contributed by atoms with Gasteiger partial charge in [0.25, 0.3) is 0 Å². The Morgan fingerprint density at radius 1 is 0.783 bits per heavy atom. The van der Waals surface area contributed by atoms with E-state index in [4.69, 9.17) is 4.74 Å². The fourth-order valence-electron chi connectivity index (χ4n) is 2.59. The Hall–Kier alpha value is -2.84. The summed E-state index contributed by atoms with van der Waals surface area (Å²) in [4.78, 5) is 0. The van der Waals surface area contributed by atoms with E-state index in [1.807, 2.05) is 0 Å². The molecule has 0 bridgehead atoms. The molecule has 0 aliphatic carbocycles. The monoisotopic (exact) mass is 322 g/mol. The molecule has 0 radical (unpaired) electrons. The Morgan fingerprint density at radius 3 is 2.00 bits per heavy atom. The SMILES string of the molecule is Oc1cc(O)c2c(c1)O[C@H](c1cc(O)c(O)c(O)c1)[C@H](O)[C@H]2O. The van der Waals surface area contributed by atoms with Crippen molar-refractivity contribution in [3.05, 3.63) is 35.4 Å². The molecule has 1 heterocycles. The van der Waals surface area contributed by atoms with Gasteiger partial charge in [-0.15, -0.1) is 0 Å². The van der Waals surface area contributed by atoms with E-state index in [-0.39, 0.29) is 22.6 Å². The summed E-state index contributed by atoms with van der Waals surface area (Å²) < 4.78 is 5.48. The van der Waals surface area contributed by atoms with Crippen molar-refractivity contribution < 1.29 is 40.5 Å². The zero-order valence-corrected chi connectivity index (χ0v) is 11.6. The topological polar surface area (TPSA) is 151 Å². The second-order valence-electron chi connectivity index (χ2n) is 5.26. The van der Waals surface area contributed by atoms with Crippen LogP contribution in [0.5, 0.6) is 34.5 Å². The summed E-state index contributed by atoms with van der Waals surface area (Å²) in [5.74, 6) is -2.79. The van der Waals surface area contributed by atoms with Gasteiger partial charge in [0.1, 0.15) is 29.5 Å². The first kappa shape index (κ1) is 15.1. The van der Waals surface area contributed by atoms with Crippen molar-refractivity contribution in [2.45, 2.75) is 18.3 Å². The Kier molecular flexibility index (Phi) is 3.35. The maximum atomic E-state index is 10.2. The van der Waals surface area contributed by atoms with Crippen molar-refractivity contribution in [2.24, 2.45) is 0 Å². The van der Waals surface area contributed by atoms with Gasteiger partial charge >= 0.3 is 0 Å². The van der Waals surface area contributed by atoms with Crippen molar-refractivity contribution in [3.63, 3.8) is 0 Å². The number of ether oxygens (including phenoxy) is 1. The van der Waals surface area contributed by atoms with E-state index in [0.717, 1.165) is 24.3 Å². The molecule has 0 aromatic heterocycles. The molecule has 23 heavy (non-hydrogen) atoms. The number of aliphatic hydroxyl groups is 2. The Balaban J connectivity index is 2.09. The summed E-state index contributed by atoms with van der Waals surface area (Å²) in [5, 5.41) is 68.2. The van der Waals surface area contributed by atoms with Crippen LogP contribution in [0.3, 0.4) is 0 Å². The highest BCUT2D eigenvalue weighted by molar-refractivity contribution is 5.55. The van der Waals surface area contributed by atoms with Gasteiger partial charge in [0.2, 0.25) is 0 Å². The van der Waals surface area contributed by atoms with E-state index in [1.54, 1.807) is 0 Å². The second kappa shape index (κ2) is 5.11. The van der Waals surface area contributed by atoms with E-state index in [1.165, 1.54) is 0 Å². The lowest BCUT2D eigenvalue weighted by atomic mass is 9.91. The maximum absolute atomic E-state index is 10.2. The average molecular weight is 322 g/mol. The lowest BCUT2D eigenvalue weighted by Crippen LogP contribution is -2.34. The minimum absolute atomic E-state index is 0.0580. The molecule has 2 aromatic rings. The van der Waals surface area contributed by atoms with Crippen LogP contribution in [0.4, 0.5) is 0 Å². The third-order valence-corrected chi connectivity index (χ3v) is 3.71. The highest BCUT2D eigenvalue weighted by atomic mass is 16.5. The lowest BCUT2D eigenvalue weighted by molar-refractivity contribution is -0.0711. The van der Waals surface area contributed by atoms with Crippen LogP contribution in [0.1, 0.15) is 23.3 Å². The average Bonchev–Trinajstić information content (AvgIpc) is 2.47. The third kappa shape index (κ3) is 2.33. The molecule has 3 rings (SSSR count). The molecule has 3 atom stereocenters. The first-order valence-corrected chi connectivity index (χ1v) is 6.63. The fraction of sp³-hybridized carbons (Fsp3) is 0.200. The summed E-state index contributed by atoms with van der Waals surface area (Å²) in [5.41, 5.74) is -0.00314. The van der Waals surface area contributed by atoms with Crippen molar-refractivity contribution in [2.75, 3.05) is 0 Å². The highest BCUT2D eigenvalue weighted by Crippen LogP contribution is 2.48. The highest BCUT2D eigenvalue weighted by Gasteiger charge is 2.39. The molecule has 0 saturated heterocycles. The first-order chi connectivity index (χ1) is 10.8. The first-order valence-electron chi connectivity index (χ1n) is 6.63. The summed E-state index contributed by atoms with van der Waals surface area (Å²) in [6.07, 6.45) is -4.26. The molecule has 0 unspecified atom stereocenters. The molecule has 1 aliphatic rings. The molecule has 0 fully saturated rings. The zero-order valence-electron chi connectivity index (χ0n) is 11.6. The molecule has 122 valence electrons. The van der Waals surface area contributed by atoms with Crippen LogP contribution in [0.15, 0.2) is 24.3 Å². The third-order valence-electron chi connectivity index (χ3n) is 3.71. The van der Waals surface area contributed by atoms with Gasteiger partial charge < -0.3 is 40.5 Å². The predicted molar refractivity (Wildman–Crippen MR) is 75.5 cm³/mol. The van der Waals surface area contributed by atoms with Crippen LogP contribution in [-0.4, -0.2) is 41.8 Å². The predicted octanol–water partition coefficient (Wildman–Crippen LogP) is 0.743. The van der Waals surface area contributed by atoms with Gasteiger partial charge in [0.15, 0.2) is 23.4 Å². The number of phenolic OH excluding ortho intramolecular Hbond substituents is 5. The van der Waals surface area contributed by atoms with Crippen molar-refractivity contribution in [1.29, 1.82) is 0 Å². The Morgan fingerprint density at radius 2 is 1.39 bits per heavy atom. The quantitative estimate of drug-likeness (QED) is 0.380. The standard InChI is InChI=1S/C15H14O8/c16-6-3-7(17)11-10(4-6)23-15(14(22)13(11)21)5-1-8(18)12(20)9(19)2-5/h1-4,13-22H/t13-,14+,15+/m0/s1. The molecule has 7 N–H and O–H groups in total. The Labute approximate surface area is 129 Å².